The largest absolute Gasteiger partial charge is 0.497 e. The molecule has 0 spiro atoms. The van der Waals surface area contributed by atoms with Crippen molar-refractivity contribution in [2.75, 3.05) is 19.5 Å². The second-order valence-electron chi connectivity index (χ2n) is 5.09. The lowest BCUT2D eigenvalue weighted by Gasteiger charge is -2.07. The predicted octanol–water partition coefficient (Wildman–Crippen LogP) is 4.67. The number of rotatable bonds is 6. The van der Waals surface area contributed by atoms with Crippen LogP contribution in [0.2, 0.25) is 10.0 Å². The molecule has 0 bridgehead atoms. The molecule has 3 aromatic rings. The number of nitrogens with one attached hydrogen (secondary N) is 1. The van der Waals surface area contributed by atoms with Crippen LogP contribution >= 0.6 is 23.2 Å². The molecule has 3 rings (SSSR count). The van der Waals surface area contributed by atoms with E-state index in [0.29, 0.717) is 45.4 Å². The first-order valence-electron chi connectivity index (χ1n) is 7.34. The molecule has 0 saturated heterocycles. The third kappa shape index (κ3) is 4.15. The summed E-state index contributed by atoms with van der Waals surface area (Å²) >= 11 is 11.9. The summed E-state index contributed by atoms with van der Waals surface area (Å²) in [6.07, 6.45) is 0. The number of nitrogens with zero attached hydrogens (tertiary/aromatic N) is 2. The highest BCUT2D eigenvalue weighted by molar-refractivity contribution is 6.35. The van der Waals surface area contributed by atoms with Crippen LogP contribution < -0.4 is 14.8 Å². The van der Waals surface area contributed by atoms with Crippen LogP contribution in [-0.2, 0) is 6.54 Å². The normalized spacial score (nSPS) is 10.6. The molecule has 0 amide bonds. The Hall–Kier alpha value is -2.44. The number of hydrogen-bond donors (Lipinski definition) is 1. The second kappa shape index (κ2) is 7.63. The second-order valence-corrected chi connectivity index (χ2v) is 5.96. The van der Waals surface area contributed by atoms with Crippen molar-refractivity contribution in [3.63, 3.8) is 0 Å². The van der Waals surface area contributed by atoms with Crippen molar-refractivity contribution >= 4 is 28.9 Å². The lowest BCUT2D eigenvalue weighted by molar-refractivity contribution is 0.382. The van der Waals surface area contributed by atoms with Gasteiger partial charge >= 0.3 is 0 Å². The Balaban J connectivity index is 1.76. The van der Waals surface area contributed by atoms with Gasteiger partial charge in [-0.25, -0.2) is 0 Å². The molecule has 130 valence electrons. The Labute approximate surface area is 154 Å². The Bertz CT molecular complexity index is 863. The first kappa shape index (κ1) is 17.4. The van der Waals surface area contributed by atoms with Crippen molar-refractivity contribution in [1.82, 2.24) is 10.1 Å². The fraction of sp³-hybridized carbons (Fsp3) is 0.176. The molecule has 0 aliphatic carbocycles. The molecule has 0 atom stereocenters. The lowest BCUT2D eigenvalue weighted by atomic mass is 10.2. The third-order valence-electron chi connectivity index (χ3n) is 3.42. The van der Waals surface area contributed by atoms with Gasteiger partial charge in [0.1, 0.15) is 11.5 Å². The number of anilines is 1. The SMILES string of the molecule is COc1ccc(-c2noc(CNc3cc(Cl)cc(Cl)c3)n2)c(OC)c1. The number of halogens is 2. The van der Waals surface area contributed by atoms with E-state index in [2.05, 4.69) is 15.5 Å². The number of ether oxygens (including phenoxy) is 2. The molecule has 1 heterocycles. The van der Waals surface area contributed by atoms with Crippen LogP contribution in [0.3, 0.4) is 0 Å². The zero-order valence-electron chi connectivity index (χ0n) is 13.5. The molecule has 6 nitrogen and oxygen atoms in total. The summed E-state index contributed by atoms with van der Waals surface area (Å²) < 4.78 is 15.8. The fourth-order valence-corrected chi connectivity index (χ4v) is 2.78. The average Bonchev–Trinajstić information content (AvgIpc) is 3.07. The predicted molar refractivity (Wildman–Crippen MR) is 96.6 cm³/mol. The van der Waals surface area contributed by atoms with Crippen molar-refractivity contribution < 1.29 is 14.0 Å². The van der Waals surface area contributed by atoms with Gasteiger partial charge in [-0.1, -0.05) is 28.4 Å². The monoisotopic (exact) mass is 379 g/mol. The van der Waals surface area contributed by atoms with E-state index in [1.54, 1.807) is 44.6 Å². The first-order valence-corrected chi connectivity index (χ1v) is 8.09. The molecule has 25 heavy (non-hydrogen) atoms. The summed E-state index contributed by atoms with van der Waals surface area (Å²) in [5.74, 6) is 2.13. The lowest BCUT2D eigenvalue weighted by Crippen LogP contribution is -1.99. The van der Waals surface area contributed by atoms with Gasteiger partial charge in [0.15, 0.2) is 0 Å². The molecule has 0 aliphatic heterocycles. The van der Waals surface area contributed by atoms with Crippen LogP contribution in [0.1, 0.15) is 5.89 Å². The van der Waals surface area contributed by atoms with Crippen LogP contribution in [0.25, 0.3) is 11.4 Å². The van der Waals surface area contributed by atoms with Crippen molar-refractivity contribution in [3.8, 4) is 22.9 Å². The minimum Gasteiger partial charge on any atom is -0.497 e. The summed E-state index contributed by atoms with van der Waals surface area (Å²) in [7, 11) is 3.17. The molecule has 0 aliphatic rings. The van der Waals surface area contributed by atoms with Gasteiger partial charge in [-0.15, -0.1) is 0 Å². The smallest absolute Gasteiger partial charge is 0.246 e. The zero-order valence-corrected chi connectivity index (χ0v) is 15.1. The summed E-state index contributed by atoms with van der Waals surface area (Å²) in [5, 5.41) is 8.23. The Morgan fingerprint density at radius 1 is 1.04 bits per heavy atom. The minimum atomic E-state index is 0.335. The topological polar surface area (TPSA) is 69.4 Å². The summed E-state index contributed by atoms with van der Waals surface area (Å²) in [5.41, 5.74) is 1.48. The highest BCUT2D eigenvalue weighted by Gasteiger charge is 2.14. The number of aromatic nitrogens is 2. The number of methoxy groups -OCH3 is 2. The van der Waals surface area contributed by atoms with Gasteiger partial charge in [-0.3, -0.25) is 0 Å². The molecule has 0 saturated carbocycles. The summed E-state index contributed by atoms with van der Waals surface area (Å²) in [6, 6.07) is 10.6. The van der Waals surface area contributed by atoms with E-state index in [1.165, 1.54) is 0 Å². The maximum atomic E-state index is 5.97. The molecule has 0 radical (unpaired) electrons. The maximum absolute atomic E-state index is 5.97. The Morgan fingerprint density at radius 2 is 1.80 bits per heavy atom. The van der Waals surface area contributed by atoms with Crippen LogP contribution in [0.5, 0.6) is 11.5 Å². The maximum Gasteiger partial charge on any atom is 0.246 e. The van der Waals surface area contributed by atoms with Gasteiger partial charge in [0.2, 0.25) is 11.7 Å². The molecule has 2 aromatic carbocycles. The summed E-state index contributed by atoms with van der Waals surface area (Å²) in [6.45, 7) is 0.335. The van der Waals surface area contributed by atoms with Gasteiger partial charge in [0, 0.05) is 21.8 Å². The molecular formula is C17H15Cl2N3O3. The Kier molecular flexibility index (Phi) is 5.31. The van der Waals surface area contributed by atoms with E-state index in [0.717, 1.165) is 5.69 Å². The van der Waals surface area contributed by atoms with E-state index < -0.39 is 0 Å². The quantitative estimate of drug-likeness (QED) is 0.670. The third-order valence-corrected chi connectivity index (χ3v) is 3.86. The van der Waals surface area contributed by atoms with E-state index in [-0.39, 0.29) is 0 Å². The molecular weight excluding hydrogens is 365 g/mol. The van der Waals surface area contributed by atoms with Crippen molar-refractivity contribution in [2.24, 2.45) is 0 Å². The van der Waals surface area contributed by atoms with Gasteiger partial charge in [0.25, 0.3) is 0 Å². The van der Waals surface area contributed by atoms with Gasteiger partial charge in [0.05, 0.1) is 26.3 Å². The highest BCUT2D eigenvalue weighted by Crippen LogP contribution is 2.31. The molecule has 8 heteroatoms. The summed E-state index contributed by atoms with van der Waals surface area (Å²) in [4.78, 5) is 4.38. The number of hydrogen-bond acceptors (Lipinski definition) is 6. The van der Waals surface area contributed by atoms with Crippen LogP contribution in [-0.4, -0.2) is 24.4 Å². The zero-order chi connectivity index (χ0) is 17.8. The van der Waals surface area contributed by atoms with Crippen molar-refractivity contribution in [3.05, 3.63) is 52.3 Å². The van der Waals surface area contributed by atoms with E-state index in [9.17, 15) is 0 Å². The van der Waals surface area contributed by atoms with Crippen LogP contribution in [0.15, 0.2) is 40.9 Å². The van der Waals surface area contributed by atoms with E-state index in [1.807, 2.05) is 6.07 Å². The highest BCUT2D eigenvalue weighted by atomic mass is 35.5. The van der Waals surface area contributed by atoms with Crippen molar-refractivity contribution in [2.45, 2.75) is 6.54 Å². The molecule has 0 fully saturated rings. The van der Waals surface area contributed by atoms with Gasteiger partial charge < -0.3 is 19.3 Å². The first-order chi connectivity index (χ1) is 12.1. The average molecular weight is 380 g/mol. The molecule has 1 aromatic heterocycles. The van der Waals surface area contributed by atoms with Gasteiger partial charge in [-0.2, -0.15) is 4.98 Å². The number of benzene rings is 2. The van der Waals surface area contributed by atoms with Crippen LogP contribution in [0, 0.1) is 0 Å². The fourth-order valence-electron chi connectivity index (χ4n) is 2.25. The van der Waals surface area contributed by atoms with Crippen molar-refractivity contribution in [1.29, 1.82) is 0 Å². The minimum absolute atomic E-state index is 0.335. The van der Waals surface area contributed by atoms with Gasteiger partial charge in [-0.05, 0) is 30.3 Å². The van der Waals surface area contributed by atoms with Crippen LogP contribution in [0.4, 0.5) is 5.69 Å². The van der Waals surface area contributed by atoms with E-state index in [4.69, 9.17) is 37.2 Å². The molecule has 1 N–H and O–H groups in total. The Morgan fingerprint density at radius 3 is 2.48 bits per heavy atom. The van der Waals surface area contributed by atoms with E-state index >= 15 is 0 Å². The standard InChI is InChI=1S/C17H15Cl2N3O3/c1-23-13-3-4-14(15(8-13)24-2)17-21-16(25-22-17)9-20-12-6-10(18)5-11(19)7-12/h3-8,20H,9H2,1-2H3. The molecule has 0 unspecified atom stereocenters.